The van der Waals surface area contributed by atoms with Crippen molar-refractivity contribution in [1.82, 2.24) is 14.8 Å². The van der Waals surface area contributed by atoms with Gasteiger partial charge in [-0.3, -0.25) is 14.6 Å². The maximum Gasteiger partial charge on any atom is 0.253 e. The van der Waals surface area contributed by atoms with Gasteiger partial charge in [0.25, 0.3) is 5.91 Å². The average molecular weight is 365 g/mol. The molecule has 1 aromatic carbocycles. The third-order valence-electron chi connectivity index (χ3n) is 4.82. The molecule has 0 aliphatic carbocycles. The van der Waals surface area contributed by atoms with E-state index in [1.807, 2.05) is 41.3 Å². The maximum atomic E-state index is 12.8. The number of hydrogen-bond acceptors (Lipinski definition) is 3. The lowest BCUT2D eigenvalue weighted by molar-refractivity contribution is -0.130. The average Bonchev–Trinajstić information content (AvgIpc) is 2.84. The van der Waals surface area contributed by atoms with Gasteiger partial charge in [0.2, 0.25) is 5.91 Å². The van der Waals surface area contributed by atoms with Crippen LogP contribution >= 0.6 is 0 Å². The minimum atomic E-state index is 0.00197. The first-order valence-corrected chi connectivity index (χ1v) is 9.58. The van der Waals surface area contributed by atoms with Gasteiger partial charge in [-0.05, 0) is 41.7 Å². The zero-order valence-electron chi connectivity index (χ0n) is 16.1. The predicted molar refractivity (Wildman–Crippen MR) is 105 cm³/mol. The van der Waals surface area contributed by atoms with E-state index in [1.165, 1.54) is 5.56 Å². The summed E-state index contributed by atoms with van der Waals surface area (Å²) < 4.78 is 0. The molecule has 0 bridgehead atoms. The van der Waals surface area contributed by atoms with Crippen molar-refractivity contribution in [2.24, 2.45) is 5.92 Å². The Morgan fingerprint density at radius 1 is 1.07 bits per heavy atom. The van der Waals surface area contributed by atoms with Crippen LogP contribution < -0.4 is 0 Å². The minimum Gasteiger partial charge on any atom is -0.336 e. The van der Waals surface area contributed by atoms with E-state index in [0.29, 0.717) is 44.1 Å². The van der Waals surface area contributed by atoms with Crippen molar-refractivity contribution in [1.29, 1.82) is 0 Å². The molecule has 142 valence electrons. The normalized spacial score (nSPS) is 15.1. The third-order valence-corrected chi connectivity index (χ3v) is 4.82. The van der Waals surface area contributed by atoms with Gasteiger partial charge in [-0.25, -0.2) is 0 Å². The molecule has 0 N–H and O–H groups in total. The molecule has 1 aliphatic rings. The molecule has 5 nitrogen and oxygen atoms in total. The van der Waals surface area contributed by atoms with Crippen LogP contribution in [-0.4, -0.2) is 46.2 Å². The molecule has 1 fully saturated rings. The SMILES string of the molecule is CC(C)Cc1ccc(C(=O)N2CCC(=O)N(Cc3cccnc3)CC2)cc1. The van der Waals surface area contributed by atoms with Gasteiger partial charge in [-0.15, -0.1) is 0 Å². The second-order valence-corrected chi connectivity index (χ2v) is 7.51. The lowest BCUT2D eigenvalue weighted by Gasteiger charge is -2.22. The van der Waals surface area contributed by atoms with Gasteiger partial charge < -0.3 is 9.80 Å². The summed E-state index contributed by atoms with van der Waals surface area (Å²) in [5, 5.41) is 0. The van der Waals surface area contributed by atoms with Gasteiger partial charge in [0.1, 0.15) is 0 Å². The van der Waals surface area contributed by atoms with E-state index < -0.39 is 0 Å². The Balaban J connectivity index is 1.62. The number of pyridine rings is 1. The highest BCUT2D eigenvalue weighted by Crippen LogP contribution is 2.15. The molecule has 2 amide bonds. The largest absolute Gasteiger partial charge is 0.336 e. The van der Waals surface area contributed by atoms with Gasteiger partial charge >= 0.3 is 0 Å². The van der Waals surface area contributed by atoms with Crippen LogP contribution in [0.2, 0.25) is 0 Å². The number of hydrogen-bond donors (Lipinski definition) is 0. The van der Waals surface area contributed by atoms with Gasteiger partial charge in [0.15, 0.2) is 0 Å². The molecule has 1 aromatic heterocycles. The Morgan fingerprint density at radius 2 is 1.85 bits per heavy atom. The fraction of sp³-hybridized carbons (Fsp3) is 0.409. The molecule has 0 atom stereocenters. The summed E-state index contributed by atoms with van der Waals surface area (Å²) in [4.78, 5) is 33.0. The number of amides is 2. The molecule has 0 unspecified atom stereocenters. The lowest BCUT2D eigenvalue weighted by Crippen LogP contribution is -2.35. The zero-order chi connectivity index (χ0) is 19.2. The first-order chi connectivity index (χ1) is 13.0. The Hall–Kier alpha value is -2.69. The van der Waals surface area contributed by atoms with E-state index in [1.54, 1.807) is 17.3 Å². The predicted octanol–water partition coefficient (Wildman–Crippen LogP) is 3.15. The van der Waals surface area contributed by atoms with Crippen LogP contribution in [0.4, 0.5) is 0 Å². The summed E-state index contributed by atoms with van der Waals surface area (Å²) in [5.74, 6) is 0.678. The Labute approximate surface area is 161 Å². The van der Waals surface area contributed by atoms with Crippen molar-refractivity contribution in [2.75, 3.05) is 19.6 Å². The summed E-state index contributed by atoms with van der Waals surface area (Å²) in [5.41, 5.74) is 2.94. The highest BCUT2D eigenvalue weighted by molar-refractivity contribution is 5.94. The van der Waals surface area contributed by atoms with Crippen LogP contribution in [0.25, 0.3) is 0 Å². The first kappa shape index (κ1) is 19.1. The molecule has 0 radical (unpaired) electrons. The van der Waals surface area contributed by atoms with Crippen LogP contribution in [0.5, 0.6) is 0 Å². The van der Waals surface area contributed by atoms with Crippen molar-refractivity contribution >= 4 is 11.8 Å². The molecular weight excluding hydrogens is 338 g/mol. The van der Waals surface area contributed by atoms with Crippen LogP contribution in [0, 0.1) is 5.92 Å². The van der Waals surface area contributed by atoms with Crippen molar-refractivity contribution < 1.29 is 9.59 Å². The zero-order valence-corrected chi connectivity index (χ0v) is 16.1. The van der Waals surface area contributed by atoms with E-state index in [0.717, 1.165) is 12.0 Å². The smallest absolute Gasteiger partial charge is 0.253 e. The Bertz CT molecular complexity index is 772. The van der Waals surface area contributed by atoms with E-state index in [2.05, 4.69) is 18.8 Å². The van der Waals surface area contributed by atoms with Crippen molar-refractivity contribution in [3.05, 3.63) is 65.5 Å². The molecule has 1 aliphatic heterocycles. The lowest BCUT2D eigenvalue weighted by atomic mass is 10.0. The summed E-state index contributed by atoms with van der Waals surface area (Å²) in [6, 6.07) is 11.7. The molecule has 5 heteroatoms. The van der Waals surface area contributed by atoms with Crippen LogP contribution in [0.15, 0.2) is 48.8 Å². The number of carbonyl (C=O) groups excluding carboxylic acids is 2. The maximum absolute atomic E-state index is 12.8. The number of benzene rings is 1. The van der Waals surface area contributed by atoms with E-state index in [-0.39, 0.29) is 11.8 Å². The monoisotopic (exact) mass is 365 g/mol. The van der Waals surface area contributed by atoms with Gasteiger partial charge in [-0.1, -0.05) is 32.0 Å². The van der Waals surface area contributed by atoms with Gasteiger partial charge in [-0.2, -0.15) is 0 Å². The van der Waals surface area contributed by atoms with E-state index in [9.17, 15) is 9.59 Å². The first-order valence-electron chi connectivity index (χ1n) is 9.58. The highest BCUT2D eigenvalue weighted by Gasteiger charge is 2.24. The van der Waals surface area contributed by atoms with Gasteiger partial charge in [0.05, 0.1) is 0 Å². The number of rotatable bonds is 5. The topological polar surface area (TPSA) is 53.5 Å². The number of carbonyl (C=O) groups is 2. The Kier molecular flexibility index (Phi) is 6.22. The van der Waals surface area contributed by atoms with Crippen molar-refractivity contribution in [3.63, 3.8) is 0 Å². The van der Waals surface area contributed by atoms with Crippen molar-refractivity contribution in [3.8, 4) is 0 Å². The number of nitrogens with zero attached hydrogens (tertiary/aromatic N) is 3. The number of aromatic nitrogens is 1. The minimum absolute atomic E-state index is 0.00197. The van der Waals surface area contributed by atoms with Crippen LogP contribution in [0.1, 0.15) is 41.8 Å². The molecule has 2 aromatic rings. The van der Waals surface area contributed by atoms with Gasteiger partial charge in [0, 0.05) is 50.6 Å². The fourth-order valence-corrected chi connectivity index (χ4v) is 3.39. The summed E-state index contributed by atoms with van der Waals surface area (Å²) in [7, 11) is 0. The Morgan fingerprint density at radius 3 is 2.52 bits per heavy atom. The molecule has 3 rings (SSSR count). The summed E-state index contributed by atoms with van der Waals surface area (Å²) >= 11 is 0. The van der Waals surface area contributed by atoms with Crippen LogP contribution in [0.3, 0.4) is 0 Å². The third kappa shape index (κ3) is 5.16. The second-order valence-electron chi connectivity index (χ2n) is 7.51. The standard InChI is InChI=1S/C22H27N3O2/c1-17(2)14-18-5-7-20(8-6-18)22(27)24-11-9-21(26)25(13-12-24)16-19-4-3-10-23-15-19/h3-8,10,15,17H,9,11-14,16H2,1-2H3. The van der Waals surface area contributed by atoms with Crippen molar-refractivity contribution in [2.45, 2.75) is 33.2 Å². The summed E-state index contributed by atoms with van der Waals surface area (Å²) in [6.07, 6.45) is 4.87. The molecular formula is C22H27N3O2. The molecule has 0 saturated carbocycles. The van der Waals surface area contributed by atoms with E-state index in [4.69, 9.17) is 0 Å². The van der Waals surface area contributed by atoms with Crippen LogP contribution in [-0.2, 0) is 17.8 Å². The molecule has 1 saturated heterocycles. The highest BCUT2D eigenvalue weighted by atomic mass is 16.2. The molecule has 27 heavy (non-hydrogen) atoms. The quantitative estimate of drug-likeness (QED) is 0.818. The fourth-order valence-electron chi connectivity index (χ4n) is 3.39. The second kappa shape index (κ2) is 8.80. The molecule has 2 heterocycles. The van der Waals surface area contributed by atoms with E-state index >= 15 is 0 Å². The summed E-state index contributed by atoms with van der Waals surface area (Å²) in [6.45, 7) is 6.48. The molecule has 0 spiro atoms.